The molecule has 190 valence electrons. The van der Waals surface area contributed by atoms with Crippen molar-refractivity contribution in [2.45, 2.75) is 26.8 Å². The van der Waals surface area contributed by atoms with E-state index in [0.29, 0.717) is 29.4 Å². The highest BCUT2D eigenvalue weighted by Gasteiger charge is 2.47. The smallest absolute Gasteiger partial charge is 0.300 e. The molecule has 37 heavy (non-hydrogen) atoms. The number of non-ortho nitro benzene ring substituents is 1. The second-order valence-electron chi connectivity index (χ2n) is 8.61. The number of amides is 1. The van der Waals surface area contributed by atoms with E-state index in [0.717, 1.165) is 17.2 Å². The highest BCUT2D eigenvalue weighted by atomic mass is 16.6. The van der Waals surface area contributed by atoms with Gasteiger partial charge in [0.1, 0.15) is 5.76 Å². The molecule has 1 fully saturated rings. The highest BCUT2D eigenvalue weighted by molar-refractivity contribution is 6.51. The largest absolute Gasteiger partial charge is 0.507 e. The molecule has 0 saturated carbocycles. The van der Waals surface area contributed by atoms with Crippen LogP contribution in [0.25, 0.3) is 5.76 Å². The van der Waals surface area contributed by atoms with Crippen molar-refractivity contribution in [2.75, 3.05) is 18.6 Å². The first kappa shape index (κ1) is 25.4. The summed E-state index contributed by atoms with van der Waals surface area (Å²) in [6.07, 6.45) is 0. The fraction of sp³-hybridized carbons (Fsp3) is 0.214. The number of ether oxygens (including phenoxy) is 2. The Kier molecular flexibility index (Phi) is 6.97. The fourth-order valence-corrected chi connectivity index (χ4v) is 4.53. The predicted octanol–water partition coefficient (Wildman–Crippen LogP) is 5.25. The quantitative estimate of drug-likeness (QED) is 0.154. The van der Waals surface area contributed by atoms with Crippen molar-refractivity contribution in [1.82, 2.24) is 0 Å². The van der Waals surface area contributed by atoms with E-state index >= 15 is 0 Å². The van der Waals surface area contributed by atoms with Gasteiger partial charge in [-0.25, -0.2) is 0 Å². The van der Waals surface area contributed by atoms with Crippen LogP contribution in [0.2, 0.25) is 0 Å². The zero-order valence-electron chi connectivity index (χ0n) is 20.8. The van der Waals surface area contributed by atoms with Crippen LogP contribution in [0.4, 0.5) is 11.4 Å². The average Bonchev–Trinajstić information content (AvgIpc) is 3.14. The molecule has 1 aliphatic heterocycles. The number of hydrogen-bond donors (Lipinski definition) is 1. The van der Waals surface area contributed by atoms with E-state index < -0.39 is 28.4 Å². The number of ketones is 1. The summed E-state index contributed by atoms with van der Waals surface area (Å²) in [7, 11) is 1.50. The maximum absolute atomic E-state index is 13.4. The molecule has 1 saturated heterocycles. The Bertz CT molecular complexity index is 1440. The highest BCUT2D eigenvalue weighted by Crippen LogP contribution is 2.45. The number of aliphatic hydroxyl groups is 1. The number of benzene rings is 3. The summed E-state index contributed by atoms with van der Waals surface area (Å²) in [4.78, 5) is 38.9. The predicted molar refractivity (Wildman–Crippen MR) is 138 cm³/mol. The third-order valence-electron chi connectivity index (χ3n) is 6.19. The summed E-state index contributed by atoms with van der Waals surface area (Å²) in [5.41, 5.74) is 2.36. The van der Waals surface area contributed by atoms with E-state index in [9.17, 15) is 24.8 Å². The molecular formula is C28H26N2O7. The van der Waals surface area contributed by atoms with Crippen LogP contribution < -0.4 is 14.4 Å². The third kappa shape index (κ3) is 4.63. The molecule has 1 N–H and O–H groups in total. The van der Waals surface area contributed by atoms with Crippen molar-refractivity contribution in [2.24, 2.45) is 0 Å². The lowest BCUT2D eigenvalue weighted by atomic mass is 9.94. The SMILES string of the molecule is CCOc1cc(C2/C(=C(\O)c3cccc([N+](=O)[O-])c3)C(=O)C(=O)N2c2ccc(C)cc2C)ccc1OC. The van der Waals surface area contributed by atoms with Gasteiger partial charge < -0.3 is 14.6 Å². The van der Waals surface area contributed by atoms with Gasteiger partial charge in [0.25, 0.3) is 17.4 Å². The Morgan fingerprint density at radius 3 is 2.46 bits per heavy atom. The molecule has 1 aliphatic rings. The van der Waals surface area contributed by atoms with Gasteiger partial charge in [-0.2, -0.15) is 0 Å². The van der Waals surface area contributed by atoms with E-state index in [2.05, 4.69) is 0 Å². The Hall–Kier alpha value is -4.66. The molecule has 9 heteroatoms. The van der Waals surface area contributed by atoms with Crippen LogP contribution in [-0.4, -0.2) is 35.4 Å². The Labute approximate surface area is 213 Å². The first-order valence-corrected chi connectivity index (χ1v) is 11.6. The lowest BCUT2D eigenvalue weighted by Crippen LogP contribution is -2.30. The van der Waals surface area contributed by atoms with Crippen molar-refractivity contribution in [3.63, 3.8) is 0 Å². The summed E-state index contributed by atoms with van der Waals surface area (Å²) < 4.78 is 11.1. The Morgan fingerprint density at radius 2 is 1.81 bits per heavy atom. The van der Waals surface area contributed by atoms with Crippen molar-refractivity contribution in [3.8, 4) is 11.5 Å². The minimum atomic E-state index is -1.02. The van der Waals surface area contributed by atoms with Gasteiger partial charge in [-0.05, 0) is 50.1 Å². The van der Waals surface area contributed by atoms with Gasteiger partial charge in [0.05, 0.1) is 30.3 Å². The zero-order valence-corrected chi connectivity index (χ0v) is 20.8. The summed E-state index contributed by atoms with van der Waals surface area (Å²) in [6.45, 7) is 5.92. The van der Waals surface area contributed by atoms with Gasteiger partial charge in [-0.3, -0.25) is 24.6 Å². The van der Waals surface area contributed by atoms with Crippen LogP contribution in [0.5, 0.6) is 11.5 Å². The number of hydrogen-bond acceptors (Lipinski definition) is 7. The van der Waals surface area contributed by atoms with Gasteiger partial charge in [0.2, 0.25) is 0 Å². The molecule has 0 aromatic heterocycles. The summed E-state index contributed by atoms with van der Waals surface area (Å²) >= 11 is 0. The molecule has 1 heterocycles. The van der Waals surface area contributed by atoms with Crippen LogP contribution in [0.3, 0.4) is 0 Å². The number of rotatable bonds is 7. The minimum Gasteiger partial charge on any atom is -0.507 e. The van der Waals surface area contributed by atoms with Crippen LogP contribution in [0.1, 0.15) is 35.2 Å². The number of methoxy groups -OCH3 is 1. The molecule has 4 rings (SSSR count). The number of nitrogens with zero attached hydrogens (tertiary/aromatic N) is 2. The second-order valence-corrected chi connectivity index (χ2v) is 8.61. The number of carbonyl (C=O) groups excluding carboxylic acids is 2. The van der Waals surface area contributed by atoms with E-state index in [1.54, 1.807) is 24.3 Å². The Morgan fingerprint density at radius 1 is 1.05 bits per heavy atom. The van der Waals surface area contributed by atoms with Gasteiger partial charge in [0.15, 0.2) is 11.5 Å². The summed E-state index contributed by atoms with van der Waals surface area (Å²) in [5.74, 6) is -1.36. The maximum atomic E-state index is 13.4. The Balaban J connectivity index is 2.00. The molecule has 1 amide bonds. The van der Waals surface area contributed by atoms with Gasteiger partial charge in [-0.1, -0.05) is 35.9 Å². The molecule has 0 aliphatic carbocycles. The number of anilines is 1. The lowest BCUT2D eigenvalue weighted by Gasteiger charge is -2.27. The van der Waals surface area contributed by atoms with Gasteiger partial charge >= 0.3 is 0 Å². The van der Waals surface area contributed by atoms with Crippen molar-refractivity contribution in [3.05, 3.63) is 98.6 Å². The maximum Gasteiger partial charge on any atom is 0.300 e. The molecule has 3 aromatic rings. The monoisotopic (exact) mass is 502 g/mol. The first-order chi connectivity index (χ1) is 17.7. The van der Waals surface area contributed by atoms with Crippen LogP contribution >= 0.6 is 0 Å². The van der Waals surface area contributed by atoms with E-state index in [1.807, 2.05) is 32.9 Å². The molecule has 9 nitrogen and oxygen atoms in total. The number of carbonyl (C=O) groups is 2. The number of Topliss-reactive ketones (excluding diaryl/α,β-unsaturated/α-hetero) is 1. The molecule has 0 radical (unpaired) electrons. The molecule has 3 aromatic carbocycles. The number of nitro groups is 1. The third-order valence-corrected chi connectivity index (χ3v) is 6.19. The normalized spacial score (nSPS) is 16.6. The minimum absolute atomic E-state index is 0.0522. The van der Waals surface area contributed by atoms with Crippen LogP contribution in [0.15, 0.2) is 66.2 Å². The second kappa shape index (κ2) is 10.1. The van der Waals surface area contributed by atoms with E-state index in [1.165, 1.54) is 30.2 Å². The number of aliphatic hydroxyl groups excluding tert-OH is 1. The first-order valence-electron chi connectivity index (χ1n) is 11.6. The number of aryl methyl sites for hydroxylation is 2. The van der Waals surface area contributed by atoms with Gasteiger partial charge in [0, 0.05) is 23.4 Å². The lowest BCUT2D eigenvalue weighted by molar-refractivity contribution is -0.384. The molecular weight excluding hydrogens is 476 g/mol. The van der Waals surface area contributed by atoms with Crippen molar-refractivity contribution < 1.29 is 29.1 Å². The molecule has 1 atom stereocenters. The van der Waals surface area contributed by atoms with E-state index in [4.69, 9.17) is 9.47 Å². The fourth-order valence-electron chi connectivity index (χ4n) is 4.53. The zero-order chi connectivity index (χ0) is 26.9. The molecule has 0 spiro atoms. The topological polar surface area (TPSA) is 119 Å². The van der Waals surface area contributed by atoms with Crippen LogP contribution in [0, 0.1) is 24.0 Å². The van der Waals surface area contributed by atoms with E-state index in [-0.39, 0.29) is 16.8 Å². The number of nitro benzene ring substituents is 1. The average molecular weight is 503 g/mol. The molecule has 0 bridgehead atoms. The standard InChI is InChI=1S/C28H26N2O7/c1-5-37-23-15-18(10-12-22(23)36-4)25-24(26(31)19-7-6-8-20(14-19)30(34)35)27(32)28(33)29(25)21-11-9-16(2)13-17(21)3/h6-15,25,31H,5H2,1-4H3/b26-24+. The molecule has 1 unspecified atom stereocenters. The van der Waals surface area contributed by atoms with Crippen molar-refractivity contribution in [1.29, 1.82) is 0 Å². The summed E-state index contributed by atoms with van der Waals surface area (Å²) in [6, 6.07) is 14.8. The summed E-state index contributed by atoms with van der Waals surface area (Å²) in [5, 5.41) is 22.6. The van der Waals surface area contributed by atoms with Gasteiger partial charge in [-0.15, -0.1) is 0 Å². The van der Waals surface area contributed by atoms with Crippen molar-refractivity contribution >= 4 is 28.8 Å². The van der Waals surface area contributed by atoms with Crippen LogP contribution in [-0.2, 0) is 9.59 Å².